The second-order valence-electron chi connectivity index (χ2n) is 3.41. The minimum absolute atomic E-state index is 0.0289. The summed E-state index contributed by atoms with van der Waals surface area (Å²) >= 11 is 3.45. The van der Waals surface area contributed by atoms with Gasteiger partial charge in [-0.15, -0.1) is 0 Å². The third-order valence-corrected chi connectivity index (χ3v) is 3.09. The van der Waals surface area contributed by atoms with Crippen molar-refractivity contribution >= 4 is 27.6 Å². The van der Waals surface area contributed by atoms with Crippen molar-refractivity contribution in [2.45, 2.75) is 18.9 Å². The highest BCUT2D eigenvalue weighted by Gasteiger charge is 2.23. The van der Waals surface area contributed by atoms with Gasteiger partial charge in [-0.2, -0.15) is 0 Å². The van der Waals surface area contributed by atoms with Gasteiger partial charge in [-0.25, -0.2) is 0 Å². The zero-order valence-electron chi connectivity index (χ0n) is 7.46. The van der Waals surface area contributed by atoms with E-state index in [9.17, 15) is 4.79 Å². The summed E-state index contributed by atoms with van der Waals surface area (Å²) in [6.45, 7) is 0. The Morgan fingerprint density at radius 1 is 1.64 bits per heavy atom. The molecular formula is C10H10BrNO2. The first-order chi connectivity index (χ1) is 6.66. The third kappa shape index (κ3) is 1.75. The Labute approximate surface area is 90.3 Å². The number of hydrogen-bond acceptors (Lipinski definition) is 2. The summed E-state index contributed by atoms with van der Waals surface area (Å²) in [6.07, 6.45) is 0.949. The van der Waals surface area contributed by atoms with Crippen LogP contribution in [0.3, 0.4) is 0 Å². The number of rotatable bonds is 2. The molecule has 0 bridgehead atoms. The Morgan fingerprint density at radius 3 is 3.07 bits per heavy atom. The second kappa shape index (κ2) is 3.61. The van der Waals surface area contributed by atoms with Gasteiger partial charge in [0.1, 0.15) is 0 Å². The van der Waals surface area contributed by atoms with Gasteiger partial charge >= 0.3 is 5.97 Å². The number of halogens is 1. The number of anilines is 1. The van der Waals surface area contributed by atoms with E-state index < -0.39 is 5.97 Å². The lowest BCUT2D eigenvalue weighted by Gasteiger charge is -2.06. The van der Waals surface area contributed by atoms with Crippen LogP contribution in [0.15, 0.2) is 22.7 Å². The third-order valence-electron chi connectivity index (χ3n) is 2.35. The van der Waals surface area contributed by atoms with E-state index in [4.69, 9.17) is 5.11 Å². The predicted octanol–water partition coefficient (Wildman–Crippen LogP) is 2.26. The van der Waals surface area contributed by atoms with Crippen LogP contribution in [0.4, 0.5) is 5.69 Å². The zero-order chi connectivity index (χ0) is 10.1. The summed E-state index contributed by atoms with van der Waals surface area (Å²) in [7, 11) is 0. The maximum absolute atomic E-state index is 10.5. The average Bonchev–Trinajstić information content (AvgIpc) is 2.47. The van der Waals surface area contributed by atoms with Gasteiger partial charge in [-0.3, -0.25) is 4.79 Å². The molecule has 1 aromatic carbocycles. The van der Waals surface area contributed by atoms with Crippen LogP contribution in [0.25, 0.3) is 0 Å². The molecule has 1 unspecified atom stereocenters. The first kappa shape index (κ1) is 9.52. The summed E-state index contributed by atoms with van der Waals surface area (Å²) < 4.78 is 1.05. The van der Waals surface area contributed by atoms with Gasteiger partial charge in [-0.1, -0.05) is 22.0 Å². The smallest absolute Gasteiger partial charge is 0.305 e. The lowest BCUT2D eigenvalue weighted by atomic mass is 10.1. The predicted molar refractivity (Wildman–Crippen MR) is 57.5 cm³/mol. The van der Waals surface area contributed by atoms with Crippen LogP contribution in [0.2, 0.25) is 0 Å². The van der Waals surface area contributed by atoms with Crippen LogP contribution in [0.5, 0.6) is 0 Å². The molecule has 4 heteroatoms. The molecule has 1 aliphatic rings. The van der Waals surface area contributed by atoms with E-state index in [0.29, 0.717) is 0 Å². The van der Waals surface area contributed by atoms with Crippen LogP contribution in [0.1, 0.15) is 12.0 Å². The van der Waals surface area contributed by atoms with Gasteiger partial charge in [-0.05, 0) is 24.1 Å². The van der Waals surface area contributed by atoms with Crippen LogP contribution in [-0.2, 0) is 11.2 Å². The molecule has 0 fully saturated rings. The maximum Gasteiger partial charge on any atom is 0.305 e. The fraction of sp³-hybridized carbons (Fsp3) is 0.300. The van der Waals surface area contributed by atoms with Crippen molar-refractivity contribution in [2.75, 3.05) is 5.32 Å². The van der Waals surface area contributed by atoms with E-state index in [1.54, 1.807) is 0 Å². The molecule has 3 nitrogen and oxygen atoms in total. The number of carbonyl (C=O) groups is 1. The SMILES string of the molecule is O=C(O)CC1Cc2c(Br)cccc2N1. The summed E-state index contributed by atoms with van der Waals surface area (Å²) in [5.74, 6) is -0.758. The highest BCUT2D eigenvalue weighted by Crippen LogP contribution is 2.32. The fourth-order valence-corrected chi connectivity index (χ4v) is 2.28. The molecule has 0 spiro atoms. The molecule has 1 aliphatic heterocycles. The minimum atomic E-state index is -0.758. The molecule has 0 aromatic heterocycles. The number of aliphatic carboxylic acids is 1. The number of nitrogens with one attached hydrogen (secondary N) is 1. The Hall–Kier alpha value is -1.03. The molecule has 0 amide bonds. The van der Waals surface area contributed by atoms with E-state index in [-0.39, 0.29) is 12.5 Å². The van der Waals surface area contributed by atoms with E-state index in [2.05, 4.69) is 21.2 Å². The van der Waals surface area contributed by atoms with Gasteiger partial charge in [0.25, 0.3) is 0 Å². The first-order valence-electron chi connectivity index (χ1n) is 4.42. The standard InChI is InChI=1S/C10H10BrNO2/c11-8-2-1-3-9-7(8)4-6(12-9)5-10(13)14/h1-3,6,12H,4-5H2,(H,13,14). The van der Waals surface area contributed by atoms with Gasteiger partial charge in [0.2, 0.25) is 0 Å². The largest absolute Gasteiger partial charge is 0.481 e. The van der Waals surface area contributed by atoms with Gasteiger partial charge < -0.3 is 10.4 Å². The number of hydrogen-bond donors (Lipinski definition) is 2. The van der Waals surface area contributed by atoms with Crippen molar-refractivity contribution in [3.63, 3.8) is 0 Å². The summed E-state index contributed by atoms with van der Waals surface area (Å²) in [5.41, 5.74) is 2.23. The highest BCUT2D eigenvalue weighted by molar-refractivity contribution is 9.10. The molecule has 0 radical (unpaired) electrons. The molecule has 0 saturated heterocycles. The van der Waals surface area contributed by atoms with E-state index in [1.807, 2.05) is 18.2 Å². The lowest BCUT2D eigenvalue weighted by Crippen LogP contribution is -2.19. The Morgan fingerprint density at radius 2 is 2.43 bits per heavy atom. The number of fused-ring (bicyclic) bond motifs is 1. The molecule has 1 heterocycles. The van der Waals surface area contributed by atoms with Crippen molar-refractivity contribution in [1.82, 2.24) is 0 Å². The number of carboxylic acids is 1. The van der Waals surface area contributed by atoms with E-state index in [1.165, 1.54) is 5.56 Å². The molecule has 14 heavy (non-hydrogen) atoms. The van der Waals surface area contributed by atoms with Gasteiger partial charge in [0, 0.05) is 16.2 Å². The molecule has 0 saturated carbocycles. The number of carboxylic acid groups (broad SMARTS) is 1. The van der Waals surface area contributed by atoms with Gasteiger partial charge in [0.05, 0.1) is 6.42 Å². The van der Waals surface area contributed by atoms with Crippen molar-refractivity contribution in [1.29, 1.82) is 0 Å². The van der Waals surface area contributed by atoms with E-state index >= 15 is 0 Å². The molecular weight excluding hydrogens is 246 g/mol. The molecule has 1 aromatic rings. The Kier molecular flexibility index (Phi) is 2.46. The molecule has 0 aliphatic carbocycles. The lowest BCUT2D eigenvalue weighted by molar-refractivity contribution is -0.137. The first-order valence-corrected chi connectivity index (χ1v) is 5.22. The Bertz CT molecular complexity index is 378. The summed E-state index contributed by atoms with van der Waals surface area (Å²) in [6, 6.07) is 5.92. The zero-order valence-corrected chi connectivity index (χ0v) is 9.04. The van der Waals surface area contributed by atoms with Crippen molar-refractivity contribution < 1.29 is 9.90 Å². The van der Waals surface area contributed by atoms with Crippen LogP contribution < -0.4 is 5.32 Å². The Balaban J connectivity index is 2.18. The summed E-state index contributed by atoms with van der Waals surface area (Å²) in [5, 5.41) is 11.9. The molecule has 2 rings (SSSR count). The fourth-order valence-electron chi connectivity index (χ4n) is 1.75. The van der Waals surface area contributed by atoms with Crippen LogP contribution >= 0.6 is 15.9 Å². The molecule has 1 atom stereocenters. The maximum atomic E-state index is 10.5. The van der Waals surface area contributed by atoms with Crippen LogP contribution in [0, 0.1) is 0 Å². The number of benzene rings is 1. The molecule has 2 N–H and O–H groups in total. The van der Waals surface area contributed by atoms with E-state index in [0.717, 1.165) is 16.6 Å². The van der Waals surface area contributed by atoms with Gasteiger partial charge in [0.15, 0.2) is 0 Å². The second-order valence-corrected chi connectivity index (χ2v) is 4.26. The minimum Gasteiger partial charge on any atom is -0.481 e. The normalized spacial score (nSPS) is 18.8. The quantitative estimate of drug-likeness (QED) is 0.853. The topological polar surface area (TPSA) is 49.3 Å². The van der Waals surface area contributed by atoms with Crippen molar-refractivity contribution in [3.8, 4) is 0 Å². The average molecular weight is 256 g/mol. The monoisotopic (exact) mass is 255 g/mol. The van der Waals surface area contributed by atoms with Crippen molar-refractivity contribution in [2.24, 2.45) is 0 Å². The van der Waals surface area contributed by atoms with Crippen LogP contribution in [-0.4, -0.2) is 17.1 Å². The van der Waals surface area contributed by atoms with Crippen molar-refractivity contribution in [3.05, 3.63) is 28.2 Å². The molecule has 74 valence electrons. The summed E-state index contributed by atoms with van der Waals surface area (Å²) in [4.78, 5) is 10.5. The highest BCUT2D eigenvalue weighted by atomic mass is 79.9.